The Hall–Kier alpha value is -1.59. The number of halogens is 3. The largest absolute Gasteiger partial charge is 0.433 e. The summed E-state index contributed by atoms with van der Waals surface area (Å²) in [5.41, 5.74) is -0.195. The normalized spacial score (nSPS) is 21.5. The van der Waals surface area contributed by atoms with Crippen molar-refractivity contribution in [2.45, 2.75) is 25.4 Å². The van der Waals surface area contributed by atoms with E-state index >= 15 is 0 Å². The summed E-state index contributed by atoms with van der Waals surface area (Å²) < 4.78 is 37.4. The molecule has 1 fully saturated rings. The van der Waals surface area contributed by atoms with Crippen LogP contribution in [0.5, 0.6) is 0 Å². The van der Waals surface area contributed by atoms with Gasteiger partial charge in [0.15, 0.2) is 0 Å². The van der Waals surface area contributed by atoms with Crippen molar-refractivity contribution in [2.75, 3.05) is 13.1 Å². The van der Waals surface area contributed by atoms with E-state index in [1.807, 2.05) is 4.90 Å². The van der Waals surface area contributed by atoms with E-state index in [0.29, 0.717) is 31.6 Å². The van der Waals surface area contributed by atoms with E-state index in [1.165, 1.54) is 6.21 Å². The van der Waals surface area contributed by atoms with Gasteiger partial charge in [-0.1, -0.05) is 6.08 Å². The number of allylic oxidation sites excluding steroid dienone is 4. The molecular weight excluding hydrogens is 245 g/mol. The van der Waals surface area contributed by atoms with Crippen molar-refractivity contribution < 1.29 is 18.0 Å². The average molecular weight is 258 g/mol. The molecule has 0 radical (unpaired) electrons. The fraction of sp³-hybridized carbons (Fsp3) is 0.500. The molecule has 0 N–H and O–H groups in total. The van der Waals surface area contributed by atoms with Crippen molar-refractivity contribution in [3.8, 4) is 0 Å². The number of ketones is 1. The second-order valence-electron chi connectivity index (χ2n) is 4.24. The molecule has 6 heteroatoms. The number of hydrogen-bond donors (Lipinski definition) is 0. The summed E-state index contributed by atoms with van der Waals surface area (Å²) in [7, 11) is 0. The summed E-state index contributed by atoms with van der Waals surface area (Å²) >= 11 is 0. The Kier molecular flexibility index (Phi) is 3.54. The van der Waals surface area contributed by atoms with E-state index in [-0.39, 0.29) is 12.2 Å². The fourth-order valence-electron chi connectivity index (χ4n) is 1.95. The Morgan fingerprint density at radius 1 is 1.17 bits per heavy atom. The third kappa shape index (κ3) is 3.00. The number of likely N-dealkylation sites (tertiary alicyclic amines) is 1. The Bertz CT molecular complexity index is 425. The van der Waals surface area contributed by atoms with Crippen molar-refractivity contribution in [2.24, 2.45) is 4.99 Å². The van der Waals surface area contributed by atoms with Gasteiger partial charge in [-0.25, -0.2) is 4.99 Å². The Labute approximate surface area is 103 Å². The van der Waals surface area contributed by atoms with Crippen LogP contribution in [-0.4, -0.2) is 36.2 Å². The highest BCUT2D eigenvalue weighted by atomic mass is 19.4. The SMILES string of the molecule is O=C1CCN(C2=CCC=C(C(F)(F)F)N=C2)CC1. The standard InChI is InChI=1S/C12H13F3N2O/c13-12(14,15)11-3-1-2-9(8-16-11)17-6-4-10(18)5-7-17/h2-3,8H,1,4-7H2. The van der Waals surface area contributed by atoms with Crippen LogP contribution >= 0.6 is 0 Å². The molecule has 0 aromatic heterocycles. The second kappa shape index (κ2) is 4.96. The molecule has 0 atom stereocenters. The van der Waals surface area contributed by atoms with E-state index in [9.17, 15) is 18.0 Å². The average Bonchev–Trinajstić information content (AvgIpc) is 2.55. The summed E-state index contributed by atoms with van der Waals surface area (Å²) in [5, 5.41) is 0. The van der Waals surface area contributed by atoms with Gasteiger partial charge in [-0.15, -0.1) is 0 Å². The van der Waals surface area contributed by atoms with E-state index in [0.717, 1.165) is 6.08 Å². The zero-order valence-electron chi connectivity index (χ0n) is 9.70. The first-order valence-corrected chi connectivity index (χ1v) is 5.75. The maximum Gasteiger partial charge on any atom is 0.433 e. The maximum atomic E-state index is 12.5. The highest BCUT2D eigenvalue weighted by Gasteiger charge is 2.33. The van der Waals surface area contributed by atoms with Gasteiger partial charge in [-0.2, -0.15) is 13.2 Å². The zero-order valence-corrected chi connectivity index (χ0v) is 9.70. The van der Waals surface area contributed by atoms with Gasteiger partial charge in [0.1, 0.15) is 11.5 Å². The lowest BCUT2D eigenvalue weighted by Gasteiger charge is -2.28. The highest BCUT2D eigenvalue weighted by molar-refractivity contribution is 5.82. The first-order valence-electron chi connectivity index (χ1n) is 5.75. The lowest BCUT2D eigenvalue weighted by molar-refractivity contribution is -0.121. The van der Waals surface area contributed by atoms with Crippen molar-refractivity contribution in [1.82, 2.24) is 4.90 Å². The molecule has 0 bridgehead atoms. The number of Topliss-reactive ketones (excluding diaryl/α,β-unsaturated/α-hetero) is 1. The topological polar surface area (TPSA) is 32.7 Å². The monoisotopic (exact) mass is 258 g/mol. The van der Waals surface area contributed by atoms with Crippen LogP contribution in [0.3, 0.4) is 0 Å². The van der Waals surface area contributed by atoms with Gasteiger partial charge in [0.05, 0.1) is 11.9 Å². The van der Waals surface area contributed by atoms with Crippen LogP contribution in [0, 0.1) is 0 Å². The molecule has 2 aliphatic rings. The van der Waals surface area contributed by atoms with E-state index in [1.54, 1.807) is 6.08 Å². The van der Waals surface area contributed by atoms with Crippen LogP contribution in [0.1, 0.15) is 19.3 Å². The first-order chi connectivity index (χ1) is 8.47. The summed E-state index contributed by atoms with van der Waals surface area (Å²) in [6.07, 6.45) is 0.709. The predicted octanol–water partition coefficient (Wildman–Crippen LogP) is 2.46. The molecule has 3 nitrogen and oxygen atoms in total. The quantitative estimate of drug-likeness (QED) is 0.723. The summed E-state index contributed by atoms with van der Waals surface area (Å²) in [6, 6.07) is 0. The number of carbonyl (C=O) groups is 1. The molecule has 2 heterocycles. The number of nitrogens with zero attached hydrogens (tertiary/aromatic N) is 2. The van der Waals surface area contributed by atoms with Crippen LogP contribution in [0.4, 0.5) is 13.2 Å². The second-order valence-corrected chi connectivity index (χ2v) is 4.24. The van der Waals surface area contributed by atoms with Crippen LogP contribution in [0.25, 0.3) is 0 Å². The van der Waals surface area contributed by atoms with Crippen molar-refractivity contribution >= 4 is 12.0 Å². The Morgan fingerprint density at radius 3 is 2.44 bits per heavy atom. The third-order valence-electron chi connectivity index (χ3n) is 2.95. The van der Waals surface area contributed by atoms with Gasteiger partial charge < -0.3 is 4.90 Å². The van der Waals surface area contributed by atoms with Gasteiger partial charge in [0.2, 0.25) is 0 Å². The molecule has 2 aliphatic heterocycles. The minimum absolute atomic E-state index is 0.200. The molecule has 2 rings (SSSR count). The molecule has 0 aliphatic carbocycles. The zero-order chi connectivity index (χ0) is 13.2. The van der Waals surface area contributed by atoms with Crippen molar-refractivity contribution in [3.63, 3.8) is 0 Å². The number of carbonyl (C=O) groups excluding carboxylic acids is 1. The van der Waals surface area contributed by atoms with Crippen LogP contribution < -0.4 is 0 Å². The fourth-order valence-corrected chi connectivity index (χ4v) is 1.95. The highest BCUT2D eigenvalue weighted by Crippen LogP contribution is 2.28. The first kappa shape index (κ1) is 12.9. The van der Waals surface area contributed by atoms with Gasteiger partial charge in [0.25, 0.3) is 0 Å². The number of aliphatic imine (C=N–C) groups is 1. The van der Waals surface area contributed by atoms with E-state index in [4.69, 9.17) is 0 Å². The number of rotatable bonds is 1. The van der Waals surface area contributed by atoms with Crippen LogP contribution in [-0.2, 0) is 4.79 Å². The molecular formula is C12H13F3N2O. The number of piperidine rings is 1. The molecule has 98 valence electrons. The van der Waals surface area contributed by atoms with Crippen molar-refractivity contribution in [3.05, 3.63) is 23.5 Å². The molecule has 0 spiro atoms. The Morgan fingerprint density at radius 2 is 1.83 bits per heavy atom. The minimum atomic E-state index is -4.41. The smallest absolute Gasteiger partial charge is 0.370 e. The lowest BCUT2D eigenvalue weighted by Crippen LogP contribution is -2.33. The molecule has 0 saturated carbocycles. The summed E-state index contributed by atoms with van der Waals surface area (Å²) in [5.74, 6) is 0.200. The predicted molar refractivity (Wildman–Crippen MR) is 61.1 cm³/mol. The lowest BCUT2D eigenvalue weighted by atomic mass is 10.1. The molecule has 0 aromatic carbocycles. The van der Waals surface area contributed by atoms with Crippen LogP contribution in [0.2, 0.25) is 0 Å². The van der Waals surface area contributed by atoms with Gasteiger partial charge in [-0.05, 0) is 12.5 Å². The minimum Gasteiger partial charge on any atom is -0.370 e. The van der Waals surface area contributed by atoms with E-state index < -0.39 is 11.9 Å². The number of alkyl halides is 3. The van der Waals surface area contributed by atoms with Crippen molar-refractivity contribution in [1.29, 1.82) is 0 Å². The van der Waals surface area contributed by atoms with Gasteiger partial charge in [0, 0.05) is 25.9 Å². The van der Waals surface area contributed by atoms with Gasteiger partial charge >= 0.3 is 6.18 Å². The number of hydrogen-bond acceptors (Lipinski definition) is 3. The molecule has 0 amide bonds. The van der Waals surface area contributed by atoms with Gasteiger partial charge in [-0.3, -0.25) is 4.79 Å². The molecule has 0 aromatic rings. The third-order valence-corrected chi connectivity index (χ3v) is 2.95. The van der Waals surface area contributed by atoms with E-state index in [2.05, 4.69) is 4.99 Å². The maximum absolute atomic E-state index is 12.5. The molecule has 1 saturated heterocycles. The summed E-state index contributed by atoms with van der Waals surface area (Å²) in [6.45, 7) is 1.11. The molecule has 0 unspecified atom stereocenters. The molecule has 18 heavy (non-hydrogen) atoms. The van der Waals surface area contributed by atoms with Crippen LogP contribution in [0.15, 0.2) is 28.5 Å². The Balaban J connectivity index is 2.05. The summed E-state index contributed by atoms with van der Waals surface area (Å²) in [4.78, 5) is 16.5.